The molecule has 0 radical (unpaired) electrons. The molecule has 0 amide bonds. The minimum atomic E-state index is -0.656. The van der Waals surface area contributed by atoms with Crippen LogP contribution in [-0.2, 0) is 19.0 Å². The maximum Gasteiger partial charge on any atom is 0.312 e. The number of ether oxygens (including phenoxy) is 3. The second kappa shape index (κ2) is 4.97. The summed E-state index contributed by atoms with van der Waals surface area (Å²) < 4.78 is 15.6. The lowest BCUT2D eigenvalue weighted by molar-refractivity contribution is -0.207. The van der Waals surface area contributed by atoms with Gasteiger partial charge in [0, 0.05) is 27.1 Å². The third kappa shape index (κ3) is 2.13. The largest absolute Gasteiger partial charge is 0.469 e. The van der Waals surface area contributed by atoms with E-state index in [1.807, 2.05) is 0 Å². The monoisotopic (exact) mass is 228 g/mol. The van der Waals surface area contributed by atoms with Gasteiger partial charge in [-0.25, -0.2) is 0 Å². The number of hydrogen-bond donors (Lipinski definition) is 0. The Morgan fingerprint density at radius 1 is 1.31 bits per heavy atom. The molecule has 1 rings (SSSR count). The van der Waals surface area contributed by atoms with Crippen molar-refractivity contribution in [2.75, 3.05) is 21.3 Å². The van der Waals surface area contributed by atoms with Gasteiger partial charge in [-0.15, -0.1) is 6.58 Å². The molecule has 0 heterocycles. The zero-order valence-corrected chi connectivity index (χ0v) is 10.2. The number of carbonyl (C=O) groups excluding carboxylic acids is 1. The van der Waals surface area contributed by atoms with E-state index >= 15 is 0 Å². The maximum atomic E-state index is 11.9. The van der Waals surface area contributed by atoms with Gasteiger partial charge in [-0.3, -0.25) is 4.79 Å². The van der Waals surface area contributed by atoms with Gasteiger partial charge < -0.3 is 14.2 Å². The van der Waals surface area contributed by atoms with Crippen LogP contribution in [0.4, 0.5) is 0 Å². The van der Waals surface area contributed by atoms with Crippen molar-refractivity contribution < 1.29 is 19.0 Å². The number of carbonyl (C=O) groups is 1. The van der Waals surface area contributed by atoms with Gasteiger partial charge >= 0.3 is 5.97 Å². The third-order valence-corrected chi connectivity index (χ3v) is 3.49. The standard InChI is InChI=1S/C12H20O4/c1-5-6-11(10(13)14-2)7-8-12(9-11,15-3)16-4/h5H,1,6-9H2,2-4H3. The van der Waals surface area contributed by atoms with Crippen molar-refractivity contribution in [3.05, 3.63) is 12.7 Å². The van der Waals surface area contributed by atoms with Gasteiger partial charge in [0.2, 0.25) is 0 Å². The molecular formula is C12H20O4. The molecule has 1 aliphatic rings. The normalized spacial score (nSPS) is 27.7. The lowest BCUT2D eigenvalue weighted by Gasteiger charge is -2.29. The van der Waals surface area contributed by atoms with Crippen LogP contribution in [0.15, 0.2) is 12.7 Å². The molecule has 4 nitrogen and oxygen atoms in total. The molecule has 1 fully saturated rings. The van der Waals surface area contributed by atoms with E-state index in [4.69, 9.17) is 14.2 Å². The van der Waals surface area contributed by atoms with Gasteiger partial charge in [0.1, 0.15) is 0 Å². The van der Waals surface area contributed by atoms with Crippen molar-refractivity contribution in [1.29, 1.82) is 0 Å². The summed E-state index contributed by atoms with van der Waals surface area (Å²) in [5.41, 5.74) is -0.539. The van der Waals surface area contributed by atoms with Gasteiger partial charge in [-0.1, -0.05) is 6.08 Å². The van der Waals surface area contributed by atoms with Crippen LogP contribution in [0.5, 0.6) is 0 Å². The molecule has 0 aliphatic heterocycles. The van der Waals surface area contributed by atoms with Crippen LogP contribution in [0.3, 0.4) is 0 Å². The summed E-state index contributed by atoms with van der Waals surface area (Å²) in [6, 6.07) is 0. The van der Waals surface area contributed by atoms with Crippen molar-refractivity contribution in [2.45, 2.75) is 31.5 Å². The summed E-state index contributed by atoms with van der Waals surface area (Å²) >= 11 is 0. The Labute approximate surface area is 96.6 Å². The first-order chi connectivity index (χ1) is 7.58. The Morgan fingerprint density at radius 2 is 1.94 bits per heavy atom. The summed E-state index contributed by atoms with van der Waals surface area (Å²) in [6.45, 7) is 3.70. The van der Waals surface area contributed by atoms with E-state index in [1.165, 1.54) is 7.11 Å². The average Bonchev–Trinajstić information content (AvgIpc) is 2.70. The molecule has 0 aromatic heterocycles. The topological polar surface area (TPSA) is 44.8 Å². The van der Waals surface area contributed by atoms with E-state index in [9.17, 15) is 4.79 Å². The highest BCUT2D eigenvalue weighted by atomic mass is 16.7. The van der Waals surface area contributed by atoms with E-state index in [0.717, 1.165) is 0 Å². The molecule has 0 spiro atoms. The molecule has 1 unspecified atom stereocenters. The van der Waals surface area contributed by atoms with Crippen molar-refractivity contribution in [2.24, 2.45) is 5.41 Å². The molecule has 1 aliphatic carbocycles. The first-order valence-corrected chi connectivity index (χ1v) is 5.38. The van der Waals surface area contributed by atoms with Crippen molar-refractivity contribution in [1.82, 2.24) is 0 Å². The summed E-state index contributed by atoms with van der Waals surface area (Å²) in [7, 11) is 4.61. The highest BCUT2D eigenvalue weighted by Crippen LogP contribution is 2.49. The molecular weight excluding hydrogens is 208 g/mol. The van der Waals surface area contributed by atoms with Crippen LogP contribution in [0.1, 0.15) is 25.7 Å². The SMILES string of the molecule is C=CCC1(C(=O)OC)CCC(OC)(OC)C1. The molecule has 0 saturated heterocycles. The summed E-state index contributed by atoms with van der Waals surface area (Å²) in [5, 5.41) is 0. The Hall–Kier alpha value is -0.870. The van der Waals surface area contributed by atoms with Gasteiger partial charge in [0.15, 0.2) is 5.79 Å². The van der Waals surface area contributed by atoms with Crippen molar-refractivity contribution >= 4 is 5.97 Å². The Kier molecular flexibility index (Phi) is 4.10. The summed E-state index contributed by atoms with van der Waals surface area (Å²) in [6.07, 6.45) is 4.26. The molecule has 92 valence electrons. The maximum absolute atomic E-state index is 11.9. The van der Waals surface area contributed by atoms with E-state index < -0.39 is 11.2 Å². The number of hydrogen-bond acceptors (Lipinski definition) is 4. The number of methoxy groups -OCH3 is 3. The second-order valence-corrected chi connectivity index (χ2v) is 4.26. The highest BCUT2D eigenvalue weighted by Gasteiger charge is 2.53. The van der Waals surface area contributed by atoms with Gasteiger partial charge in [0.25, 0.3) is 0 Å². The fraction of sp³-hybridized carbons (Fsp3) is 0.750. The molecule has 0 bridgehead atoms. The Balaban J connectivity index is 2.91. The van der Waals surface area contributed by atoms with E-state index in [0.29, 0.717) is 25.7 Å². The molecule has 16 heavy (non-hydrogen) atoms. The molecule has 1 atom stereocenters. The number of rotatable bonds is 5. The lowest BCUT2D eigenvalue weighted by Crippen LogP contribution is -2.36. The zero-order chi connectivity index (χ0) is 12.2. The van der Waals surface area contributed by atoms with Crippen LogP contribution in [-0.4, -0.2) is 33.1 Å². The third-order valence-electron chi connectivity index (χ3n) is 3.49. The van der Waals surface area contributed by atoms with Gasteiger partial charge in [-0.05, 0) is 12.8 Å². The smallest absolute Gasteiger partial charge is 0.312 e. The number of allylic oxidation sites excluding steroid dienone is 1. The fourth-order valence-corrected chi connectivity index (χ4v) is 2.48. The first-order valence-electron chi connectivity index (χ1n) is 5.38. The number of esters is 1. The van der Waals surface area contributed by atoms with E-state index in [1.54, 1.807) is 20.3 Å². The van der Waals surface area contributed by atoms with Gasteiger partial charge in [0.05, 0.1) is 12.5 Å². The minimum absolute atomic E-state index is 0.205. The Morgan fingerprint density at radius 3 is 2.31 bits per heavy atom. The minimum Gasteiger partial charge on any atom is -0.469 e. The second-order valence-electron chi connectivity index (χ2n) is 4.26. The average molecular weight is 228 g/mol. The van der Waals surface area contributed by atoms with E-state index in [-0.39, 0.29) is 5.97 Å². The molecule has 1 saturated carbocycles. The molecule has 0 aromatic carbocycles. The van der Waals surface area contributed by atoms with Crippen LogP contribution < -0.4 is 0 Å². The Bertz CT molecular complexity index is 270. The molecule has 0 N–H and O–H groups in total. The molecule has 0 aromatic rings. The predicted octanol–water partition coefficient (Wildman–Crippen LogP) is 1.89. The molecule has 4 heteroatoms. The first kappa shape index (κ1) is 13.2. The summed E-state index contributed by atoms with van der Waals surface area (Å²) in [5.74, 6) is -0.861. The van der Waals surface area contributed by atoms with Crippen molar-refractivity contribution in [3.63, 3.8) is 0 Å². The van der Waals surface area contributed by atoms with E-state index in [2.05, 4.69) is 6.58 Å². The fourth-order valence-electron chi connectivity index (χ4n) is 2.48. The summed E-state index contributed by atoms with van der Waals surface area (Å²) in [4.78, 5) is 11.9. The van der Waals surface area contributed by atoms with Crippen LogP contribution in [0.2, 0.25) is 0 Å². The highest BCUT2D eigenvalue weighted by molar-refractivity contribution is 5.77. The van der Waals surface area contributed by atoms with Crippen LogP contribution in [0, 0.1) is 5.41 Å². The zero-order valence-electron chi connectivity index (χ0n) is 10.2. The predicted molar refractivity (Wildman–Crippen MR) is 59.9 cm³/mol. The van der Waals surface area contributed by atoms with Crippen LogP contribution in [0.25, 0.3) is 0 Å². The van der Waals surface area contributed by atoms with Gasteiger partial charge in [-0.2, -0.15) is 0 Å². The van der Waals surface area contributed by atoms with Crippen LogP contribution >= 0.6 is 0 Å². The van der Waals surface area contributed by atoms with Crippen molar-refractivity contribution in [3.8, 4) is 0 Å². The quantitative estimate of drug-likeness (QED) is 0.409. The lowest BCUT2D eigenvalue weighted by atomic mass is 9.82.